The van der Waals surface area contributed by atoms with E-state index < -0.39 is 0 Å². The molecule has 17 heavy (non-hydrogen) atoms. The summed E-state index contributed by atoms with van der Waals surface area (Å²) in [5, 5.41) is 0. The highest BCUT2D eigenvalue weighted by molar-refractivity contribution is 7.80. The summed E-state index contributed by atoms with van der Waals surface area (Å²) in [6.45, 7) is 7.36. The Morgan fingerprint density at radius 2 is 1.76 bits per heavy atom. The molecule has 0 unspecified atom stereocenters. The number of para-hydroxylation sites is 1. The minimum atomic E-state index is 0.212. The van der Waals surface area contributed by atoms with Crippen LogP contribution in [0.4, 0.5) is 0 Å². The maximum atomic E-state index is 6.02. The molecule has 0 heterocycles. The highest BCUT2D eigenvalue weighted by Gasteiger charge is 2.25. The molecule has 0 spiro atoms. The first-order valence-corrected chi connectivity index (χ1v) is 7.16. The average molecular weight is 252 g/mol. The van der Waals surface area contributed by atoms with Crippen LogP contribution in [0, 0.1) is 5.41 Å². The van der Waals surface area contributed by atoms with Gasteiger partial charge in [-0.2, -0.15) is 12.6 Å². The third-order valence-corrected chi connectivity index (χ3v) is 4.39. The molecule has 1 nitrogen and oxygen atoms in total. The van der Waals surface area contributed by atoms with Crippen LogP contribution in [-0.4, -0.2) is 12.4 Å². The van der Waals surface area contributed by atoms with Crippen molar-refractivity contribution >= 4 is 12.6 Å². The SMILES string of the molecule is CCc1ccccc1OCC(CC)(CC)CS. The molecule has 2 heteroatoms. The zero-order valence-corrected chi connectivity index (χ0v) is 12.1. The molecule has 0 N–H and O–H groups in total. The first-order valence-electron chi connectivity index (χ1n) is 6.53. The topological polar surface area (TPSA) is 9.23 Å². The molecule has 1 aromatic carbocycles. The number of benzene rings is 1. The van der Waals surface area contributed by atoms with Gasteiger partial charge in [-0.05, 0) is 36.6 Å². The van der Waals surface area contributed by atoms with E-state index in [1.54, 1.807) is 0 Å². The van der Waals surface area contributed by atoms with E-state index in [0.717, 1.165) is 37.4 Å². The fourth-order valence-electron chi connectivity index (χ4n) is 1.89. The molecule has 1 rings (SSSR count). The molecule has 0 radical (unpaired) electrons. The monoisotopic (exact) mass is 252 g/mol. The molecule has 0 aromatic heterocycles. The molecule has 0 amide bonds. The Morgan fingerprint density at radius 1 is 1.12 bits per heavy atom. The molecule has 0 saturated heterocycles. The minimum absolute atomic E-state index is 0.212. The second-order valence-corrected chi connectivity index (χ2v) is 4.93. The van der Waals surface area contributed by atoms with E-state index in [1.807, 2.05) is 6.07 Å². The van der Waals surface area contributed by atoms with Crippen LogP contribution in [0.3, 0.4) is 0 Å². The molecule has 96 valence electrons. The number of aryl methyl sites for hydroxylation is 1. The van der Waals surface area contributed by atoms with Crippen molar-refractivity contribution in [2.24, 2.45) is 5.41 Å². The van der Waals surface area contributed by atoms with E-state index in [0.29, 0.717) is 0 Å². The zero-order valence-electron chi connectivity index (χ0n) is 11.2. The van der Waals surface area contributed by atoms with Gasteiger partial charge in [0.2, 0.25) is 0 Å². The van der Waals surface area contributed by atoms with Crippen molar-refractivity contribution in [3.05, 3.63) is 29.8 Å². The van der Waals surface area contributed by atoms with E-state index >= 15 is 0 Å². The third kappa shape index (κ3) is 3.67. The lowest BCUT2D eigenvalue weighted by atomic mass is 9.85. The van der Waals surface area contributed by atoms with Crippen LogP contribution in [0.5, 0.6) is 5.75 Å². The lowest BCUT2D eigenvalue weighted by Gasteiger charge is -2.30. The average Bonchev–Trinajstić information content (AvgIpc) is 2.41. The number of ether oxygens (including phenoxy) is 1. The van der Waals surface area contributed by atoms with Gasteiger partial charge in [0.25, 0.3) is 0 Å². The molecule has 0 atom stereocenters. The molecule has 1 aromatic rings. The smallest absolute Gasteiger partial charge is 0.122 e. The summed E-state index contributed by atoms with van der Waals surface area (Å²) in [6.07, 6.45) is 3.24. The van der Waals surface area contributed by atoms with Crippen molar-refractivity contribution in [2.45, 2.75) is 40.0 Å². The molecular formula is C15H24OS. The molecule has 0 fully saturated rings. The fraction of sp³-hybridized carbons (Fsp3) is 0.600. The van der Waals surface area contributed by atoms with Crippen LogP contribution in [0.15, 0.2) is 24.3 Å². The number of thiol groups is 1. The Hall–Kier alpha value is -0.630. The van der Waals surface area contributed by atoms with Gasteiger partial charge in [-0.3, -0.25) is 0 Å². The quantitative estimate of drug-likeness (QED) is 0.709. The maximum Gasteiger partial charge on any atom is 0.122 e. The number of hydrogen-bond donors (Lipinski definition) is 1. The molecule has 0 aliphatic carbocycles. The maximum absolute atomic E-state index is 6.02. The Morgan fingerprint density at radius 3 is 2.29 bits per heavy atom. The van der Waals surface area contributed by atoms with E-state index in [1.165, 1.54) is 5.56 Å². The number of rotatable bonds is 7. The van der Waals surface area contributed by atoms with Crippen LogP contribution >= 0.6 is 12.6 Å². The lowest BCUT2D eigenvalue weighted by molar-refractivity contribution is 0.156. The van der Waals surface area contributed by atoms with Gasteiger partial charge in [-0.25, -0.2) is 0 Å². The second kappa shape index (κ2) is 6.95. The van der Waals surface area contributed by atoms with Crippen LogP contribution in [-0.2, 0) is 6.42 Å². The van der Waals surface area contributed by atoms with Gasteiger partial charge < -0.3 is 4.74 Å². The van der Waals surface area contributed by atoms with Crippen LogP contribution in [0.25, 0.3) is 0 Å². The highest BCUT2D eigenvalue weighted by Crippen LogP contribution is 2.30. The Bertz CT molecular complexity index is 323. The highest BCUT2D eigenvalue weighted by atomic mass is 32.1. The lowest BCUT2D eigenvalue weighted by Crippen LogP contribution is -2.29. The Labute approximate surface area is 111 Å². The van der Waals surface area contributed by atoms with E-state index in [4.69, 9.17) is 4.74 Å². The summed E-state index contributed by atoms with van der Waals surface area (Å²) in [7, 11) is 0. The van der Waals surface area contributed by atoms with Crippen molar-refractivity contribution in [2.75, 3.05) is 12.4 Å². The standard InChI is InChI=1S/C15H24OS/c1-4-13-9-7-8-10-14(13)16-11-15(5-2,6-3)12-17/h7-10,17H,4-6,11-12H2,1-3H3. The van der Waals surface area contributed by atoms with Crippen LogP contribution in [0.1, 0.15) is 39.2 Å². The molecule has 0 aliphatic heterocycles. The van der Waals surface area contributed by atoms with Crippen LogP contribution in [0.2, 0.25) is 0 Å². The van der Waals surface area contributed by atoms with Gasteiger partial charge in [0.15, 0.2) is 0 Å². The van der Waals surface area contributed by atoms with E-state index in [-0.39, 0.29) is 5.41 Å². The molecule has 0 aliphatic rings. The van der Waals surface area contributed by atoms with Crippen molar-refractivity contribution < 1.29 is 4.74 Å². The predicted molar refractivity (Wildman–Crippen MR) is 78.2 cm³/mol. The summed E-state index contributed by atoms with van der Waals surface area (Å²) >= 11 is 4.48. The summed E-state index contributed by atoms with van der Waals surface area (Å²) in [5.74, 6) is 1.91. The first-order chi connectivity index (χ1) is 8.21. The fourth-order valence-corrected chi connectivity index (χ4v) is 2.43. The molecule has 0 saturated carbocycles. The van der Waals surface area contributed by atoms with Gasteiger partial charge in [-0.1, -0.05) is 39.0 Å². The van der Waals surface area contributed by atoms with Crippen molar-refractivity contribution in [3.8, 4) is 5.75 Å². The van der Waals surface area contributed by atoms with E-state index in [2.05, 4.69) is 51.6 Å². The van der Waals surface area contributed by atoms with Gasteiger partial charge in [0.1, 0.15) is 5.75 Å². The van der Waals surface area contributed by atoms with Crippen molar-refractivity contribution in [1.29, 1.82) is 0 Å². The number of hydrogen-bond acceptors (Lipinski definition) is 2. The summed E-state index contributed by atoms with van der Waals surface area (Å²) in [4.78, 5) is 0. The summed E-state index contributed by atoms with van der Waals surface area (Å²) in [5.41, 5.74) is 1.50. The van der Waals surface area contributed by atoms with Gasteiger partial charge in [-0.15, -0.1) is 0 Å². The Balaban J connectivity index is 2.71. The summed E-state index contributed by atoms with van der Waals surface area (Å²) in [6, 6.07) is 8.30. The minimum Gasteiger partial charge on any atom is -0.493 e. The third-order valence-electron chi connectivity index (χ3n) is 3.72. The zero-order chi connectivity index (χ0) is 12.7. The molecule has 0 bridgehead atoms. The predicted octanol–water partition coefficient (Wildman–Crippen LogP) is 4.36. The van der Waals surface area contributed by atoms with Crippen molar-refractivity contribution in [1.82, 2.24) is 0 Å². The largest absolute Gasteiger partial charge is 0.493 e. The van der Waals surface area contributed by atoms with E-state index in [9.17, 15) is 0 Å². The van der Waals surface area contributed by atoms with Gasteiger partial charge in [0.05, 0.1) is 6.61 Å². The second-order valence-electron chi connectivity index (χ2n) is 4.62. The van der Waals surface area contributed by atoms with Gasteiger partial charge >= 0.3 is 0 Å². The normalized spacial score (nSPS) is 11.5. The first kappa shape index (κ1) is 14.4. The van der Waals surface area contributed by atoms with Crippen molar-refractivity contribution in [3.63, 3.8) is 0 Å². The van der Waals surface area contributed by atoms with Gasteiger partial charge in [0, 0.05) is 5.41 Å². The van der Waals surface area contributed by atoms with Crippen LogP contribution < -0.4 is 4.74 Å². The molecular weight excluding hydrogens is 228 g/mol. The Kier molecular flexibility index (Phi) is 5.90. The summed E-state index contributed by atoms with van der Waals surface area (Å²) < 4.78 is 6.02.